The van der Waals surface area contributed by atoms with Crippen LogP contribution in [-0.4, -0.2) is 12.0 Å². The summed E-state index contributed by atoms with van der Waals surface area (Å²) in [5, 5.41) is 0. The van der Waals surface area contributed by atoms with Gasteiger partial charge in [-0.1, -0.05) is 17.7 Å². The molecule has 3 heteroatoms. The van der Waals surface area contributed by atoms with Crippen LogP contribution in [0, 0.1) is 6.92 Å². The molecule has 0 aliphatic rings. The van der Waals surface area contributed by atoms with Gasteiger partial charge in [-0.25, -0.2) is 4.98 Å². The predicted molar refractivity (Wildman–Crippen MR) is 67.9 cm³/mol. The molecule has 0 spiro atoms. The summed E-state index contributed by atoms with van der Waals surface area (Å²) in [6, 6.07) is 12.0. The normalized spacial score (nSPS) is 10.1. The first-order valence-electron chi connectivity index (χ1n) is 5.19. The van der Waals surface area contributed by atoms with Crippen LogP contribution < -0.4 is 10.6 Å². The molecule has 0 radical (unpaired) electrons. The second kappa shape index (κ2) is 4.23. The number of anilines is 3. The van der Waals surface area contributed by atoms with E-state index >= 15 is 0 Å². The summed E-state index contributed by atoms with van der Waals surface area (Å²) in [5.41, 5.74) is 8.89. The Morgan fingerprint density at radius 1 is 1.12 bits per heavy atom. The Hall–Kier alpha value is -2.03. The topological polar surface area (TPSA) is 42.2 Å². The Morgan fingerprint density at radius 3 is 2.44 bits per heavy atom. The van der Waals surface area contributed by atoms with E-state index in [1.54, 1.807) is 6.20 Å². The summed E-state index contributed by atoms with van der Waals surface area (Å²) in [5.74, 6) is 0.784. The maximum Gasteiger partial charge on any atom is 0.155 e. The van der Waals surface area contributed by atoms with E-state index in [0.29, 0.717) is 5.69 Å². The van der Waals surface area contributed by atoms with Gasteiger partial charge in [-0.15, -0.1) is 0 Å². The minimum absolute atomic E-state index is 0.686. The van der Waals surface area contributed by atoms with Gasteiger partial charge < -0.3 is 10.6 Å². The smallest absolute Gasteiger partial charge is 0.155 e. The average Bonchev–Trinajstić information content (AvgIpc) is 2.30. The number of nitrogens with zero attached hydrogens (tertiary/aromatic N) is 2. The quantitative estimate of drug-likeness (QED) is 0.834. The number of rotatable bonds is 2. The van der Waals surface area contributed by atoms with Gasteiger partial charge in [0.2, 0.25) is 0 Å². The van der Waals surface area contributed by atoms with E-state index in [1.165, 1.54) is 5.56 Å². The van der Waals surface area contributed by atoms with Crippen molar-refractivity contribution in [2.75, 3.05) is 17.7 Å². The van der Waals surface area contributed by atoms with E-state index < -0.39 is 0 Å². The maximum absolute atomic E-state index is 5.88. The highest BCUT2D eigenvalue weighted by Gasteiger charge is 2.07. The summed E-state index contributed by atoms with van der Waals surface area (Å²) in [6.07, 6.45) is 1.75. The van der Waals surface area contributed by atoms with Gasteiger partial charge in [-0.3, -0.25) is 0 Å². The largest absolute Gasteiger partial charge is 0.396 e. The molecule has 0 unspecified atom stereocenters. The minimum Gasteiger partial charge on any atom is -0.396 e. The van der Waals surface area contributed by atoms with E-state index in [9.17, 15) is 0 Å². The molecule has 0 saturated heterocycles. The number of nitrogens with two attached hydrogens (primary N) is 1. The van der Waals surface area contributed by atoms with Crippen LogP contribution >= 0.6 is 0 Å². The van der Waals surface area contributed by atoms with Crippen LogP contribution in [0.3, 0.4) is 0 Å². The van der Waals surface area contributed by atoms with Crippen molar-refractivity contribution >= 4 is 17.2 Å². The number of hydrogen-bond acceptors (Lipinski definition) is 3. The lowest BCUT2D eigenvalue weighted by Crippen LogP contribution is -2.13. The van der Waals surface area contributed by atoms with Gasteiger partial charge in [-0.2, -0.15) is 0 Å². The van der Waals surface area contributed by atoms with E-state index in [4.69, 9.17) is 5.73 Å². The van der Waals surface area contributed by atoms with Crippen molar-refractivity contribution in [3.63, 3.8) is 0 Å². The van der Waals surface area contributed by atoms with Crippen LogP contribution in [0.5, 0.6) is 0 Å². The molecule has 0 aliphatic heterocycles. The van der Waals surface area contributed by atoms with Gasteiger partial charge in [0.05, 0.1) is 5.69 Å². The third-order valence-corrected chi connectivity index (χ3v) is 2.56. The third kappa shape index (κ3) is 1.98. The third-order valence-electron chi connectivity index (χ3n) is 2.56. The van der Waals surface area contributed by atoms with Crippen molar-refractivity contribution in [1.29, 1.82) is 0 Å². The molecule has 3 nitrogen and oxygen atoms in total. The number of nitrogen functional groups attached to an aromatic ring is 1. The van der Waals surface area contributed by atoms with Gasteiger partial charge in [0.1, 0.15) is 0 Å². The van der Waals surface area contributed by atoms with Crippen LogP contribution in [-0.2, 0) is 0 Å². The highest BCUT2D eigenvalue weighted by Crippen LogP contribution is 2.26. The summed E-state index contributed by atoms with van der Waals surface area (Å²) >= 11 is 0. The lowest BCUT2D eigenvalue weighted by Gasteiger charge is -2.19. The fourth-order valence-electron chi connectivity index (χ4n) is 1.58. The number of aromatic nitrogens is 1. The predicted octanol–water partition coefficient (Wildman–Crippen LogP) is 2.74. The van der Waals surface area contributed by atoms with Crippen molar-refractivity contribution in [3.05, 3.63) is 48.2 Å². The zero-order valence-electron chi connectivity index (χ0n) is 9.51. The molecule has 0 atom stereocenters. The van der Waals surface area contributed by atoms with Crippen molar-refractivity contribution in [2.24, 2.45) is 0 Å². The highest BCUT2D eigenvalue weighted by molar-refractivity contribution is 5.70. The number of aryl methyl sites for hydroxylation is 1. The van der Waals surface area contributed by atoms with Crippen LogP contribution in [0.4, 0.5) is 17.2 Å². The molecule has 0 amide bonds. The SMILES string of the molecule is Cc1ccc(N(C)c2ncccc2N)cc1. The Labute approximate surface area is 95.5 Å². The van der Waals surface area contributed by atoms with Crippen molar-refractivity contribution < 1.29 is 0 Å². The standard InChI is InChI=1S/C13H15N3/c1-10-5-7-11(8-6-10)16(2)13-12(14)4-3-9-15-13/h3-9H,14H2,1-2H3. The van der Waals surface area contributed by atoms with Gasteiger partial charge in [0.25, 0.3) is 0 Å². The van der Waals surface area contributed by atoms with Crippen molar-refractivity contribution in [1.82, 2.24) is 4.98 Å². The molecule has 0 bridgehead atoms. The zero-order valence-corrected chi connectivity index (χ0v) is 9.51. The molecule has 0 aliphatic carbocycles. The molecular weight excluding hydrogens is 198 g/mol. The summed E-state index contributed by atoms with van der Waals surface area (Å²) in [7, 11) is 1.96. The molecule has 2 aromatic rings. The first-order chi connectivity index (χ1) is 7.68. The molecule has 1 aromatic heterocycles. The molecule has 1 aromatic carbocycles. The Balaban J connectivity index is 2.35. The Bertz CT molecular complexity index is 477. The Morgan fingerprint density at radius 2 is 1.81 bits per heavy atom. The molecule has 1 heterocycles. The summed E-state index contributed by atoms with van der Waals surface area (Å²) in [6.45, 7) is 2.07. The van der Waals surface area contributed by atoms with Crippen molar-refractivity contribution in [2.45, 2.75) is 6.92 Å². The number of pyridine rings is 1. The highest BCUT2D eigenvalue weighted by atomic mass is 15.2. The van der Waals surface area contributed by atoms with Gasteiger partial charge >= 0.3 is 0 Å². The minimum atomic E-state index is 0.686. The Kier molecular flexibility index (Phi) is 2.77. The van der Waals surface area contributed by atoms with E-state index in [1.807, 2.05) is 24.1 Å². The number of benzene rings is 1. The first kappa shape index (κ1) is 10.5. The lowest BCUT2D eigenvalue weighted by molar-refractivity contribution is 1.13. The molecular formula is C13H15N3. The second-order valence-corrected chi connectivity index (χ2v) is 3.81. The van der Waals surface area contributed by atoms with Crippen LogP contribution in [0.25, 0.3) is 0 Å². The zero-order chi connectivity index (χ0) is 11.5. The molecule has 82 valence electrons. The first-order valence-corrected chi connectivity index (χ1v) is 5.19. The molecule has 0 saturated carbocycles. The van der Waals surface area contributed by atoms with Crippen LogP contribution in [0.1, 0.15) is 5.56 Å². The maximum atomic E-state index is 5.88. The number of hydrogen-bond donors (Lipinski definition) is 1. The monoisotopic (exact) mass is 213 g/mol. The fraction of sp³-hybridized carbons (Fsp3) is 0.154. The van der Waals surface area contributed by atoms with E-state index in [2.05, 4.69) is 36.2 Å². The average molecular weight is 213 g/mol. The van der Waals surface area contributed by atoms with E-state index in [-0.39, 0.29) is 0 Å². The van der Waals surface area contributed by atoms with Gasteiger partial charge in [0, 0.05) is 18.9 Å². The second-order valence-electron chi connectivity index (χ2n) is 3.81. The van der Waals surface area contributed by atoms with Crippen LogP contribution in [0.15, 0.2) is 42.6 Å². The molecule has 0 fully saturated rings. The summed E-state index contributed by atoms with van der Waals surface area (Å²) in [4.78, 5) is 6.26. The van der Waals surface area contributed by atoms with E-state index in [0.717, 1.165) is 11.5 Å². The molecule has 2 N–H and O–H groups in total. The molecule has 2 rings (SSSR count). The fourth-order valence-corrected chi connectivity index (χ4v) is 1.58. The van der Waals surface area contributed by atoms with Gasteiger partial charge in [0.15, 0.2) is 5.82 Å². The van der Waals surface area contributed by atoms with Crippen LogP contribution in [0.2, 0.25) is 0 Å². The van der Waals surface area contributed by atoms with Crippen molar-refractivity contribution in [3.8, 4) is 0 Å². The van der Waals surface area contributed by atoms with Gasteiger partial charge in [-0.05, 0) is 31.2 Å². The summed E-state index contributed by atoms with van der Waals surface area (Å²) < 4.78 is 0. The molecule has 16 heavy (non-hydrogen) atoms. The lowest BCUT2D eigenvalue weighted by atomic mass is 10.2.